The topological polar surface area (TPSA) is 71.0 Å². The molecule has 0 aliphatic heterocycles. The van der Waals surface area contributed by atoms with Gasteiger partial charge in [-0.3, -0.25) is 9.78 Å². The summed E-state index contributed by atoms with van der Waals surface area (Å²) in [6.07, 6.45) is 4.11. The lowest BCUT2D eigenvalue weighted by molar-refractivity contribution is -0.119. The van der Waals surface area contributed by atoms with Crippen LogP contribution in [0.5, 0.6) is 0 Å². The van der Waals surface area contributed by atoms with Gasteiger partial charge in [0, 0.05) is 43.4 Å². The van der Waals surface area contributed by atoms with Crippen molar-refractivity contribution in [3.63, 3.8) is 0 Å². The average Bonchev–Trinajstić information content (AvgIpc) is 3.28. The Hall–Kier alpha value is -3.58. The fourth-order valence-electron chi connectivity index (χ4n) is 3.15. The molecule has 156 valence electrons. The Morgan fingerprint density at radius 3 is 2.26 bits per heavy atom. The van der Waals surface area contributed by atoms with Gasteiger partial charge in [0.05, 0.1) is 6.54 Å². The average molecular weight is 430 g/mol. The third-order valence-electron chi connectivity index (χ3n) is 4.72. The molecule has 0 radical (unpaired) electrons. The number of carbonyl (C=O) groups is 1. The van der Waals surface area contributed by atoms with Crippen molar-refractivity contribution in [2.75, 3.05) is 11.4 Å². The molecule has 0 aliphatic rings. The number of nitrogens with one attached hydrogen (secondary N) is 1. The summed E-state index contributed by atoms with van der Waals surface area (Å²) >= 11 is 1.33. The Kier molecular flexibility index (Phi) is 6.97. The molecule has 1 N–H and O–H groups in total. The molecule has 0 bridgehead atoms. The van der Waals surface area contributed by atoms with E-state index >= 15 is 0 Å². The van der Waals surface area contributed by atoms with Gasteiger partial charge < -0.3 is 10.2 Å². The van der Waals surface area contributed by atoms with Crippen LogP contribution in [-0.2, 0) is 24.3 Å². The van der Waals surface area contributed by atoms with Crippen molar-refractivity contribution in [2.24, 2.45) is 0 Å². The van der Waals surface area contributed by atoms with Crippen LogP contribution >= 0.6 is 11.5 Å². The van der Waals surface area contributed by atoms with Crippen LogP contribution in [0, 0.1) is 0 Å². The monoisotopic (exact) mass is 429 g/mol. The fraction of sp³-hybridized carbons (Fsp3) is 0.167. The smallest absolute Gasteiger partial charge is 0.239 e. The van der Waals surface area contributed by atoms with Gasteiger partial charge in [0.2, 0.25) is 11.0 Å². The summed E-state index contributed by atoms with van der Waals surface area (Å²) in [4.78, 5) is 23.4. The van der Waals surface area contributed by atoms with Crippen molar-refractivity contribution < 1.29 is 4.79 Å². The predicted molar refractivity (Wildman–Crippen MR) is 123 cm³/mol. The largest absolute Gasteiger partial charge is 0.350 e. The molecule has 0 aliphatic carbocycles. The van der Waals surface area contributed by atoms with E-state index in [1.807, 2.05) is 65.6 Å². The molecule has 0 saturated heterocycles. The fourth-order valence-corrected chi connectivity index (χ4v) is 3.83. The van der Waals surface area contributed by atoms with Gasteiger partial charge in [0.25, 0.3) is 0 Å². The highest BCUT2D eigenvalue weighted by Crippen LogP contribution is 2.21. The third kappa shape index (κ3) is 6.20. The lowest BCUT2D eigenvalue weighted by Crippen LogP contribution is -2.36. The first-order valence-corrected chi connectivity index (χ1v) is 10.8. The van der Waals surface area contributed by atoms with E-state index < -0.39 is 0 Å². The van der Waals surface area contributed by atoms with Crippen LogP contribution in [0.2, 0.25) is 0 Å². The maximum Gasteiger partial charge on any atom is 0.239 e. The van der Waals surface area contributed by atoms with Gasteiger partial charge in [-0.05, 0) is 28.8 Å². The second-order valence-corrected chi connectivity index (χ2v) is 7.86. The van der Waals surface area contributed by atoms with Crippen molar-refractivity contribution >= 4 is 22.6 Å². The second kappa shape index (κ2) is 10.4. The van der Waals surface area contributed by atoms with E-state index in [0.717, 1.165) is 27.6 Å². The SMILES string of the molecule is O=C(CN(Cc1ccccc1)c1nc(Cc2ccccc2)ns1)NCc1ccncc1. The molecule has 31 heavy (non-hydrogen) atoms. The maximum atomic E-state index is 12.7. The van der Waals surface area contributed by atoms with Gasteiger partial charge in [0.1, 0.15) is 5.82 Å². The van der Waals surface area contributed by atoms with Crippen molar-refractivity contribution in [3.8, 4) is 0 Å². The summed E-state index contributed by atoms with van der Waals surface area (Å²) in [6.45, 7) is 1.26. The first kappa shape index (κ1) is 20.7. The van der Waals surface area contributed by atoms with Crippen molar-refractivity contribution in [3.05, 3.63) is 108 Å². The number of anilines is 1. The summed E-state index contributed by atoms with van der Waals surface area (Å²) < 4.78 is 4.53. The van der Waals surface area contributed by atoms with Gasteiger partial charge in [-0.25, -0.2) is 4.98 Å². The molecule has 4 rings (SSSR count). The van der Waals surface area contributed by atoms with Crippen LogP contribution in [0.15, 0.2) is 85.2 Å². The number of hydrogen-bond acceptors (Lipinski definition) is 6. The molecule has 0 saturated carbocycles. The summed E-state index contributed by atoms with van der Waals surface area (Å²) in [5.74, 6) is 0.703. The molecule has 2 aromatic carbocycles. The minimum absolute atomic E-state index is 0.0625. The Balaban J connectivity index is 1.45. The van der Waals surface area contributed by atoms with Crippen LogP contribution in [0.3, 0.4) is 0 Å². The molecule has 0 atom stereocenters. The summed E-state index contributed by atoms with van der Waals surface area (Å²) in [5.41, 5.74) is 3.29. The predicted octanol–water partition coefficient (Wildman–Crippen LogP) is 3.85. The molecule has 2 heterocycles. The number of hydrogen-bond donors (Lipinski definition) is 1. The minimum Gasteiger partial charge on any atom is -0.350 e. The van der Waals surface area contributed by atoms with Crippen LogP contribution in [0.4, 0.5) is 5.13 Å². The van der Waals surface area contributed by atoms with E-state index in [1.54, 1.807) is 12.4 Å². The Morgan fingerprint density at radius 2 is 1.55 bits per heavy atom. The first-order valence-electron chi connectivity index (χ1n) is 10.1. The highest BCUT2D eigenvalue weighted by molar-refractivity contribution is 7.09. The quantitative estimate of drug-likeness (QED) is 0.438. The number of rotatable bonds is 9. The highest BCUT2D eigenvalue weighted by atomic mass is 32.1. The van der Waals surface area contributed by atoms with Crippen LogP contribution in [0.25, 0.3) is 0 Å². The standard InChI is InChI=1S/C24H23N5OS/c30-23(26-16-20-11-13-25-14-12-20)18-29(17-21-9-5-2-6-10-21)24-27-22(28-31-24)15-19-7-3-1-4-8-19/h1-14H,15-18H2,(H,26,30). The van der Waals surface area contributed by atoms with Gasteiger partial charge in [-0.1, -0.05) is 60.7 Å². The number of nitrogens with zero attached hydrogens (tertiary/aromatic N) is 4. The zero-order valence-corrected chi connectivity index (χ0v) is 17.8. The molecule has 4 aromatic rings. The number of benzene rings is 2. The molecular formula is C24H23N5OS. The molecule has 0 fully saturated rings. The van der Waals surface area contributed by atoms with Gasteiger partial charge in [-0.15, -0.1) is 0 Å². The Bertz CT molecular complexity index is 1090. The van der Waals surface area contributed by atoms with Crippen LogP contribution in [0.1, 0.15) is 22.5 Å². The third-order valence-corrected chi connectivity index (χ3v) is 5.54. The lowest BCUT2D eigenvalue weighted by atomic mass is 10.1. The number of amides is 1. The van der Waals surface area contributed by atoms with E-state index in [2.05, 4.69) is 26.8 Å². The molecule has 7 heteroatoms. The molecule has 2 aromatic heterocycles. The maximum absolute atomic E-state index is 12.7. The van der Waals surface area contributed by atoms with E-state index in [4.69, 9.17) is 4.98 Å². The molecule has 1 amide bonds. The first-order chi connectivity index (χ1) is 15.3. The van der Waals surface area contributed by atoms with E-state index in [-0.39, 0.29) is 12.5 Å². The van der Waals surface area contributed by atoms with Gasteiger partial charge in [0.15, 0.2) is 0 Å². The zero-order chi connectivity index (χ0) is 21.3. The molecule has 0 unspecified atom stereocenters. The summed E-state index contributed by atoms with van der Waals surface area (Å²) in [6, 6.07) is 24.0. The molecule has 6 nitrogen and oxygen atoms in total. The second-order valence-electron chi connectivity index (χ2n) is 7.13. The number of aromatic nitrogens is 3. The molecular weight excluding hydrogens is 406 g/mol. The normalized spacial score (nSPS) is 10.6. The minimum atomic E-state index is -0.0625. The van der Waals surface area contributed by atoms with Crippen LogP contribution in [-0.4, -0.2) is 26.8 Å². The van der Waals surface area contributed by atoms with Gasteiger partial charge in [-0.2, -0.15) is 4.37 Å². The van der Waals surface area contributed by atoms with Gasteiger partial charge >= 0.3 is 0 Å². The lowest BCUT2D eigenvalue weighted by Gasteiger charge is -2.21. The van der Waals surface area contributed by atoms with E-state index in [1.165, 1.54) is 11.5 Å². The number of carbonyl (C=O) groups excluding carboxylic acids is 1. The van der Waals surface area contributed by atoms with Crippen LogP contribution < -0.4 is 10.2 Å². The Labute approximate surface area is 185 Å². The van der Waals surface area contributed by atoms with E-state index in [9.17, 15) is 4.79 Å². The van der Waals surface area contributed by atoms with Crippen molar-refractivity contribution in [1.29, 1.82) is 0 Å². The Morgan fingerprint density at radius 1 is 0.871 bits per heavy atom. The zero-order valence-electron chi connectivity index (χ0n) is 17.0. The molecule has 0 spiro atoms. The van der Waals surface area contributed by atoms with Crippen molar-refractivity contribution in [2.45, 2.75) is 19.5 Å². The summed E-state index contributed by atoms with van der Waals surface area (Å²) in [5, 5.41) is 3.72. The summed E-state index contributed by atoms with van der Waals surface area (Å²) in [7, 11) is 0. The van der Waals surface area contributed by atoms with E-state index in [0.29, 0.717) is 19.5 Å². The number of pyridine rings is 1. The van der Waals surface area contributed by atoms with Crippen molar-refractivity contribution in [1.82, 2.24) is 19.7 Å². The highest BCUT2D eigenvalue weighted by Gasteiger charge is 2.17.